The minimum absolute atomic E-state index is 0.300. The highest BCUT2D eigenvalue weighted by atomic mass is 35.5. The highest BCUT2D eigenvalue weighted by molar-refractivity contribution is 6.35. The number of nitrogens with zero attached hydrogens (tertiary/aromatic N) is 1. The Morgan fingerprint density at radius 3 is 3.00 bits per heavy atom. The minimum Gasteiger partial charge on any atom is -0.274 e. The third kappa shape index (κ3) is 0.851. The van der Waals surface area contributed by atoms with Crippen LogP contribution in [0, 0.1) is 0 Å². The third-order valence-electron chi connectivity index (χ3n) is 1.51. The van der Waals surface area contributed by atoms with E-state index in [9.17, 15) is 4.79 Å². The van der Waals surface area contributed by atoms with Crippen LogP contribution in [0.2, 0.25) is 5.02 Å². The maximum atomic E-state index is 11.0. The lowest BCUT2D eigenvalue weighted by Crippen LogP contribution is -2.10. The molecule has 3 nitrogen and oxygen atoms in total. The van der Waals surface area contributed by atoms with Gasteiger partial charge in [-0.25, -0.2) is 0 Å². The van der Waals surface area contributed by atoms with Crippen molar-refractivity contribution in [3.05, 3.63) is 28.8 Å². The molecule has 1 aliphatic rings. The predicted octanol–water partition coefficient (Wildman–Crippen LogP) is 1.43. The molecule has 1 aromatic carbocycles. The van der Waals surface area contributed by atoms with Gasteiger partial charge in [0.25, 0.3) is 5.91 Å². The number of amides is 1. The van der Waals surface area contributed by atoms with Crippen molar-refractivity contribution >= 4 is 23.2 Å². The van der Waals surface area contributed by atoms with Gasteiger partial charge in [0.05, 0.1) is 16.3 Å². The SMILES string of the molecule is O=C1[N]Nc2cccc(Cl)c21. The number of carbonyl (C=O) groups is 1. The van der Waals surface area contributed by atoms with Crippen molar-refractivity contribution in [2.45, 2.75) is 0 Å². The average molecular weight is 168 g/mol. The van der Waals surface area contributed by atoms with Gasteiger partial charge in [0, 0.05) is 0 Å². The first-order chi connectivity index (χ1) is 5.29. The van der Waals surface area contributed by atoms with Crippen LogP contribution in [0.25, 0.3) is 0 Å². The van der Waals surface area contributed by atoms with Crippen molar-refractivity contribution in [1.29, 1.82) is 0 Å². The molecule has 0 saturated heterocycles. The monoisotopic (exact) mass is 167 g/mol. The predicted molar refractivity (Wildman–Crippen MR) is 41.5 cm³/mol. The van der Waals surface area contributed by atoms with Gasteiger partial charge in [-0.3, -0.25) is 10.2 Å². The summed E-state index contributed by atoms with van der Waals surface area (Å²) in [7, 11) is 0. The van der Waals surface area contributed by atoms with E-state index in [2.05, 4.69) is 10.9 Å². The van der Waals surface area contributed by atoms with Gasteiger partial charge in [-0.05, 0) is 12.1 Å². The maximum absolute atomic E-state index is 11.0. The zero-order chi connectivity index (χ0) is 7.84. The molecule has 1 aliphatic heterocycles. The molecule has 2 rings (SSSR count). The Morgan fingerprint density at radius 2 is 2.27 bits per heavy atom. The van der Waals surface area contributed by atoms with Crippen LogP contribution < -0.4 is 10.9 Å². The van der Waals surface area contributed by atoms with Crippen LogP contribution >= 0.6 is 11.6 Å². The summed E-state index contributed by atoms with van der Waals surface area (Å²) in [6, 6.07) is 5.19. The Hall–Kier alpha value is -1.22. The molecule has 4 heteroatoms. The first-order valence-electron chi connectivity index (χ1n) is 3.08. The molecular formula is C7H4ClN2O. The van der Waals surface area contributed by atoms with Crippen LogP contribution in [0.1, 0.15) is 10.4 Å². The van der Waals surface area contributed by atoms with Crippen molar-refractivity contribution in [1.82, 2.24) is 5.43 Å². The van der Waals surface area contributed by atoms with Crippen molar-refractivity contribution in [2.24, 2.45) is 0 Å². The summed E-state index contributed by atoms with van der Waals surface area (Å²) in [6.45, 7) is 0. The normalized spacial score (nSPS) is 13.7. The number of hydrogen-bond acceptors (Lipinski definition) is 2. The topological polar surface area (TPSA) is 43.2 Å². The molecule has 1 aromatic rings. The fourth-order valence-corrected chi connectivity index (χ4v) is 1.26. The van der Waals surface area contributed by atoms with Gasteiger partial charge in [0.2, 0.25) is 0 Å². The quantitative estimate of drug-likeness (QED) is 0.635. The smallest absolute Gasteiger partial charge is 0.274 e. The van der Waals surface area contributed by atoms with Gasteiger partial charge in [-0.15, -0.1) is 5.43 Å². The molecule has 55 valence electrons. The minimum atomic E-state index is -0.300. The summed E-state index contributed by atoms with van der Waals surface area (Å²) in [5, 5.41) is 0.446. The molecule has 0 unspecified atom stereocenters. The Balaban J connectivity index is 2.68. The number of hydrogen-bond donors (Lipinski definition) is 1. The molecule has 11 heavy (non-hydrogen) atoms. The standard InChI is InChI=1S/C7H4ClN2O/c8-4-2-1-3-5-6(4)7(11)10-9-5/h1-3,9H. The van der Waals surface area contributed by atoms with Crippen LogP contribution in [0.5, 0.6) is 0 Å². The number of halogens is 1. The summed E-state index contributed by atoms with van der Waals surface area (Å²) >= 11 is 5.74. The van der Waals surface area contributed by atoms with Crippen molar-refractivity contribution in [3.63, 3.8) is 0 Å². The Morgan fingerprint density at radius 1 is 1.45 bits per heavy atom. The summed E-state index contributed by atoms with van der Waals surface area (Å²) in [5.74, 6) is -0.300. The molecule has 0 fully saturated rings. The van der Waals surface area contributed by atoms with Crippen LogP contribution in [0.3, 0.4) is 0 Å². The van der Waals surface area contributed by atoms with Crippen LogP contribution in [-0.2, 0) is 0 Å². The Labute approximate surface area is 68.3 Å². The molecule has 1 amide bonds. The maximum Gasteiger partial charge on any atom is 0.297 e. The summed E-state index contributed by atoms with van der Waals surface area (Å²) in [4.78, 5) is 11.0. The van der Waals surface area contributed by atoms with E-state index in [1.807, 2.05) is 0 Å². The third-order valence-corrected chi connectivity index (χ3v) is 1.82. The van der Waals surface area contributed by atoms with E-state index in [1.165, 1.54) is 0 Å². The van der Waals surface area contributed by atoms with Crippen LogP contribution in [0.15, 0.2) is 18.2 Å². The van der Waals surface area contributed by atoms with Gasteiger partial charge in [-0.1, -0.05) is 17.7 Å². The largest absolute Gasteiger partial charge is 0.297 e. The molecule has 1 radical (unpaired) electrons. The fourth-order valence-electron chi connectivity index (χ4n) is 1.00. The molecule has 1 N–H and O–H groups in total. The zero-order valence-electron chi connectivity index (χ0n) is 5.47. The van der Waals surface area contributed by atoms with Crippen LogP contribution in [0.4, 0.5) is 5.69 Å². The second-order valence-corrected chi connectivity index (χ2v) is 2.60. The average Bonchev–Trinajstić information content (AvgIpc) is 2.34. The van der Waals surface area contributed by atoms with Crippen molar-refractivity contribution < 1.29 is 4.79 Å². The van der Waals surface area contributed by atoms with Crippen molar-refractivity contribution in [3.8, 4) is 0 Å². The highest BCUT2D eigenvalue weighted by Crippen LogP contribution is 2.27. The number of benzene rings is 1. The lowest BCUT2D eigenvalue weighted by atomic mass is 10.2. The van der Waals surface area contributed by atoms with Gasteiger partial charge >= 0.3 is 0 Å². The zero-order valence-corrected chi connectivity index (χ0v) is 6.22. The second-order valence-electron chi connectivity index (χ2n) is 2.19. The van der Waals surface area contributed by atoms with E-state index in [1.54, 1.807) is 18.2 Å². The fraction of sp³-hybridized carbons (Fsp3) is 0. The van der Waals surface area contributed by atoms with E-state index in [0.717, 1.165) is 0 Å². The Kier molecular flexibility index (Phi) is 1.26. The van der Waals surface area contributed by atoms with Gasteiger partial charge in [0.1, 0.15) is 0 Å². The van der Waals surface area contributed by atoms with Gasteiger partial charge in [0.15, 0.2) is 0 Å². The molecule has 0 saturated carbocycles. The molecule has 0 aliphatic carbocycles. The lowest BCUT2D eigenvalue weighted by Gasteiger charge is -1.94. The first-order valence-corrected chi connectivity index (χ1v) is 3.46. The second kappa shape index (κ2) is 2.13. The molecule has 0 aromatic heterocycles. The Bertz CT molecular complexity index is 324. The van der Waals surface area contributed by atoms with E-state index in [4.69, 9.17) is 11.6 Å². The summed E-state index contributed by atoms with van der Waals surface area (Å²) < 4.78 is 0. The molecule has 0 atom stereocenters. The van der Waals surface area contributed by atoms with E-state index in [0.29, 0.717) is 16.3 Å². The van der Waals surface area contributed by atoms with E-state index < -0.39 is 0 Å². The first kappa shape index (κ1) is 6.49. The number of nitrogens with one attached hydrogen (secondary N) is 1. The van der Waals surface area contributed by atoms with E-state index >= 15 is 0 Å². The lowest BCUT2D eigenvalue weighted by molar-refractivity contribution is 0.0969. The number of rotatable bonds is 0. The van der Waals surface area contributed by atoms with E-state index in [-0.39, 0.29) is 5.91 Å². The number of anilines is 1. The molecule has 0 spiro atoms. The van der Waals surface area contributed by atoms with Crippen molar-refractivity contribution in [2.75, 3.05) is 5.43 Å². The highest BCUT2D eigenvalue weighted by Gasteiger charge is 2.22. The molecule has 0 bridgehead atoms. The van der Waals surface area contributed by atoms with Gasteiger partial charge < -0.3 is 0 Å². The number of carbonyl (C=O) groups excluding carboxylic acids is 1. The van der Waals surface area contributed by atoms with Crippen LogP contribution in [-0.4, -0.2) is 5.91 Å². The molecular weight excluding hydrogens is 164 g/mol. The number of fused-ring (bicyclic) bond motifs is 1. The summed E-state index contributed by atoms with van der Waals surface area (Å²) in [6.07, 6.45) is 0. The summed E-state index contributed by atoms with van der Waals surface area (Å²) in [5.41, 5.74) is 7.22. The van der Waals surface area contributed by atoms with Gasteiger partial charge in [-0.2, -0.15) is 0 Å². The molecule has 1 heterocycles.